The van der Waals surface area contributed by atoms with Crippen LogP contribution in [-0.4, -0.2) is 18.1 Å². The standard InChI is InChI=1S/C16H38OSi2/c1-5-9-13-18(14-10-6-2)17-19(15-11-7-3)16-12-8-4/h18-19H,5-16H2,1-4H3. The van der Waals surface area contributed by atoms with Gasteiger partial charge in [0, 0.05) is 0 Å². The number of hydrogen-bond donors (Lipinski definition) is 0. The Hall–Kier alpha value is 0.394. The van der Waals surface area contributed by atoms with Gasteiger partial charge in [-0.15, -0.1) is 0 Å². The Morgan fingerprint density at radius 1 is 0.526 bits per heavy atom. The zero-order valence-corrected chi connectivity index (χ0v) is 16.4. The highest BCUT2D eigenvalue weighted by atomic mass is 28.4. The molecule has 0 aliphatic rings. The second-order valence-corrected chi connectivity index (χ2v) is 11.8. The van der Waals surface area contributed by atoms with Crippen LogP contribution in [0.1, 0.15) is 79.1 Å². The molecule has 0 aromatic heterocycles. The van der Waals surface area contributed by atoms with E-state index in [0.717, 1.165) is 0 Å². The lowest BCUT2D eigenvalue weighted by Crippen LogP contribution is -2.29. The van der Waals surface area contributed by atoms with E-state index in [1.807, 2.05) is 0 Å². The van der Waals surface area contributed by atoms with Crippen LogP contribution in [0.4, 0.5) is 0 Å². The normalized spacial score (nSPS) is 11.7. The summed E-state index contributed by atoms with van der Waals surface area (Å²) in [5, 5.41) is 0. The molecule has 0 spiro atoms. The largest absolute Gasteiger partial charge is 0.460 e. The summed E-state index contributed by atoms with van der Waals surface area (Å²) >= 11 is 0. The maximum Gasteiger partial charge on any atom is 0.162 e. The molecule has 0 rings (SSSR count). The fourth-order valence-electron chi connectivity index (χ4n) is 2.56. The average Bonchev–Trinajstić information content (AvgIpc) is 2.44. The quantitative estimate of drug-likeness (QED) is 0.377. The van der Waals surface area contributed by atoms with Gasteiger partial charge in [0.1, 0.15) is 0 Å². The molecule has 0 aliphatic heterocycles. The van der Waals surface area contributed by atoms with E-state index in [0.29, 0.717) is 0 Å². The number of unbranched alkanes of at least 4 members (excludes halogenated alkanes) is 4. The molecule has 3 heteroatoms. The van der Waals surface area contributed by atoms with Gasteiger partial charge >= 0.3 is 0 Å². The van der Waals surface area contributed by atoms with Crippen LogP contribution in [-0.2, 0) is 4.12 Å². The van der Waals surface area contributed by atoms with Crippen LogP contribution in [0, 0.1) is 0 Å². The van der Waals surface area contributed by atoms with Crippen LogP contribution in [0.15, 0.2) is 0 Å². The van der Waals surface area contributed by atoms with Crippen LogP contribution in [0.3, 0.4) is 0 Å². The zero-order valence-electron chi connectivity index (χ0n) is 14.0. The molecule has 0 radical (unpaired) electrons. The minimum atomic E-state index is -0.851. The summed E-state index contributed by atoms with van der Waals surface area (Å²) in [6.45, 7) is 9.26. The van der Waals surface area contributed by atoms with Crippen LogP contribution >= 0.6 is 0 Å². The van der Waals surface area contributed by atoms with Gasteiger partial charge in [0.2, 0.25) is 0 Å². The average molecular weight is 303 g/mol. The van der Waals surface area contributed by atoms with Crippen molar-refractivity contribution in [2.24, 2.45) is 0 Å². The molecule has 0 aromatic carbocycles. The molecule has 0 unspecified atom stereocenters. The Kier molecular flexibility index (Phi) is 15.1. The zero-order chi connectivity index (χ0) is 14.3. The summed E-state index contributed by atoms with van der Waals surface area (Å²) in [5.41, 5.74) is 0. The molecule has 0 aromatic rings. The summed E-state index contributed by atoms with van der Waals surface area (Å²) in [6.07, 6.45) is 11.0. The lowest BCUT2D eigenvalue weighted by molar-refractivity contribution is 0.549. The van der Waals surface area contributed by atoms with Crippen molar-refractivity contribution in [1.29, 1.82) is 0 Å². The van der Waals surface area contributed by atoms with Gasteiger partial charge in [-0.05, 0) is 24.2 Å². The summed E-state index contributed by atoms with van der Waals surface area (Å²) < 4.78 is 6.74. The van der Waals surface area contributed by atoms with Gasteiger partial charge in [0.25, 0.3) is 0 Å². The van der Waals surface area contributed by atoms with Crippen molar-refractivity contribution in [3.63, 3.8) is 0 Å². The SMILES string of the molecule is CCCC[SiH](CCCC)O[SiH](CCCC)CCCC. The van der Waals surface area contributed by atoms with E-state index in [2.05, 4.69) is 27.7 Å². The second kappa shape index (κ2) is 14.8. The Bertz CT molecular complexity index is 142. The molecule has 116 valence electrons. The monoisotopic (exact) mass is 302 g/mol. The van der Waals surface area contributed by atoms with E-state index in [1.165, 1.54) is 75.5 Å². The third kappa shape index (κ3) is 11.9. The first kappa shape index (κ1) is 19.4. The first-order valence-corrected chi connectivity index (χ1v) is 13.1. The molecular formula is C16H38OSi2. The van der Waals surface area contributed by atoms with Crippen LogP contribution in [0.2, 0.25) is 24.2 Å². The molecule has 0 bridgehead atoms. The summed E-state index contributed by atoms with van der Waals surface area (Å²) in [7, 11) is -1.70. The number of hydrogen-bond acceptors (Lipinski definition) is 1. The van der Waals surface area contributed by atoms with Crippen molar-refractivity contribution in [1.82, 2.24) is 0 Å². The second-order valence-electron chi connectivity index (χ2n) is 5.95. The highest BCUT2D eigenvalue weighted by Gasteiger charge is 2.18. The highest BCUT2D eigenvalue weighted by molar-refractivity contribution is 6.66. The van der Waals surface area contributed by atoms with Crippen molar-refractivity contribution in [3.05, 3.63) is 0 Å². The minimum absolute atomic E-state index is 0.851. The van der Waals surface area contributed by atoms with Crippen LogP contribution in [0.25, 0.3) is 0 Å². The molecule has 0 aliphatic carbocycles. The highest BCUT2D eigenvalue weighted by Crippen LogP contribution is 2.18. The van der Waals surface area contributed by atoms with E-state index < -0.39 is 18.1 Å². The Balaban J connectivity index is 4.16. The maximum atomic E-state index is 6.74. The van der Waals surface area contributed by atoms with Crippen molar-refractivity contribution in [3.8, 4) is 0 Å². The minimum Gasteiger partial charge on any atom is -0.460 e. The smallest absolute Gasteiger partial charge is 0.162 e. The van der Waals surface area contributed by atoms with Gasteiger partial charge in [0.15, 0.2) is 18.1 Å². The Morgan fingerprint density at radius 3 is 1.00 bits per heavy atom. The molecule has 1 nitrogen and oxygen atoms in total. The van der Waals surface area contributed by atoms with Crippen LogP contribution < -0.4 is 0 Å². The number of rotatable bonds is 14. The van der Waals surface area contributed by atoms with Crippen molar-refractivity contribution in [2.75, 3.05) is 0 Å². The van der Waals surface area contributed by atoms with E-state index in [4.69, 9.17) is 4.12 Å². The lowest BCUT2D eigenvalue weighted by Gasteiger charge is -2.23. The van der Waals surface area contributed by atoms with Crippen molar-refractivity contribution >= 4 is 18.1 Å². The third-order valence-electron chi connectivity index (χ3n) is 3.90. The van der Waals surface area contributed by atoms with E-state index in [-0.39, 0.29) is 0 Å². The topological polar surface area (TPSA) is 9.23 Å². The van der Waals surface area contributed by atoms with Crippen LogP contribution in [0.5, 0.6) is 0 Å². The first-order chi connectivity index (χ1) is 9.28. The van der Waals surface area contributed by atoms with Gasteiger partial charge < -0.3 is 4.12 Å². The van der Waals surface area contributed by atoms with Gasteiger partial charge in [-0.2, -0.15) is 0 Å². The molecule has 0 amide bonds. The first-order valence-electron chi connectivity index (χ1n) is 8.93. The van der Waals surface area contributed by atoms with Gasteiger partial charge in [-0.3, -0.25) is 0 Å². The summed E-state index contributed by atoms with van der Waals surface area (Å²) in [5.74, 6) is 0. The Labute approximate surface area is 126 Å². The molecule has 0 saturated heterocycles. The van der Waals surface area contributed by atoms with Gasteiger partial charge in [0.05, 0.1) is 0 Å². The van der Waals surface area contributed by atoms with Crippen molar-refractivity contribution < 1.29 is 4.12 Å². The molecule has 0 atom stereocenters. The fraction of sp³-hybridized carbons (Fsp3) is 1.00. The summed E-state index contributed by atoms with van der Waals surface area (Å²) in [6, 6.07) is 5.77. The third-order valence-corrected chi connectivity index (χ3v) is 11.2. The predicted octanol–water partition coefficient (Wildman–Crippen LogP) is 5.65. The summed E-state index contributed by atoms with van der Waals surface area (Å²) in [4.78, 5) is 0. The Morgan fingerprint density at radius 2 is 0.789 bits per heavy atom. The predicted molar refractivity (Wildman–Crippen MR) is 94.2 cm³/mol. The van der Waals surface area contributed by atoms with E-state index >= 15 is 0 Å². The lowest BCUT2D eigenvalue weighted by atomic mass is 10.4. The van der Waals surface area contributed by atoms with Crippen molar-refractivity contribution in [2.45, 2.75) is 103 Å². The van der Waals surface area contributed by atoms with E-state index in [9.17, 15) is 0 Å². The van der Waals surface area contributed by atoms with E-state index in [1.54, 1.807) is 0 Å². The molecule has 19 heavy (non-hydrogen) atoms. The van der Waals surface area contributed by atoms with Gasteiger partial charge in [-0.1, -0.05) is 79.1 Å². The molecular weight excluding hydrogens is 264 g/mol. The maximum absolute atomic E-state index is 6.74. The molecule has 0 N–H and O–H groups in total. The van der Waals surface area contributed by atoms with Gasteiger partial charge in [-0.25, -0.2) is 0 Å². The molecule has 0 heterocycles. The fourth-order valence-corrected chi connectivity index (χ4v) is 10.9. The molecule has 0 fully saturated rings. The molecule has 0 saturated carbocycles.